The van der Waals surface area contributed by atoms with Gasteiger partial charge in [-0.2, -0.15) is 0 Å². The van der Waals surface area contributed by atoms with E-state index in [4.69, 9.17) is 39.9 Å². The zero-order chi connectivity index (χ0) is 70.0. The molecule has 20 rings (SSSR count). The molecule has 2 aliphatic rings. The lowest BCUT2D eigenvalue weighted by Crippen LogP contribution is -2.61. The maximum absolute atomic E-state index is 5.62. The van der Waals surface area contributed by atoms with Crippen molar-refractivity contribution in [2.75, 3.05) is 9.80 Å². The molecule has 0 spiro atoms. The highest BCUT2D eigenvalue weighted by atomic mass is 15.2. The van der Waals surface area contributed by atoms with Crippen molar-refractivity contribution in [1.29, 1.82) is 0 Å². The standard InChI is InChI=1S/C94H60BN11/c1-7-27-62(28-8-1)78-60-79(63-29-9-2-10-30-63)97-91(96-78)70-52-56-82(106-80-44-22-19-41-73(80)74-58-69(51-55-81(74)106)93-99-88(64-31-11-3-12-32-64)98-89(100-93)65-33-13-4-14-34-65)75(59-70)94-102-90(66-35-15-5-16-36-66)101-92(103-94)68-38-25-37-67(57-68)61-49-53-72(54-50-61)105-84-46-24-21-43-77(84)95-76-42-20-23-45-83(76)104(71-39-17-6-18-40-71)85-47-26-48-86(105)87(85)95/h1-60H. The van der Waals surface area contributed by atoms with Gasteiger partial charge in [0.15, 0.2) is 40.8 Å². The van der Waals surface area contributed by atoms with Crippen LogP contribution in [0.5, 0.6) is 0 Å². The van der Waals surface area contributed by atoms with Crippen molar-refractivity contribution in [2.45, 2.75) is 0 Å². The summed E-state index contributed by atoms with van der Waals surface area (Å²) >= 11 is 0. The number of anilines is 6. The van der Waals surface area contributed by atoms with Gasteiger partial charge in [0.25, 0.3) is 6.71 Å². The quantitative estimate of drug-likeness (QED) is 0.103. The lowest BCUT2D eigenvalue weighted by atomic mass is 9.33. The van der Waals surface area contributed by atoms with E-state index in [2.05, 4.69) is 263 Å². The molecule has 0 aliphatic carbocycles. The maximum Gasteiger partial charge on any atom is 0.252 e. The van der Waals surface area contributed by atoms with Gasteiger partial charge in [-0.3, -0.25) is 0 Å². The fourth-order valence-electron chi connectivity index (χ4n) is 15.4. The monoisotopic (exact) mass is 1350 g/mol. The number of hydrogen-bond acceptors (Lipinski definition) is 10. The molecule has 14 aromatic carbocycles. The molecular weight excluding hydrogens is 1290 g/mol. The Bertz CT molecular complexity index is 6290. The highest BCUT2D eigenvalue weighted by Gasteiger charge is 2.43. The summed E-state index contributed by atoms with van der Waals surface area (Å²) in [6.45, 7) is 0.0476. The summed E-state index contributed by atoms with van der Waals surface area (Å²) in [4.78, 5) is 47.5. The van der Waals surface area contributed by atoms with Gasteiger partial charge in [0.1, 0.15) is 0 Å². The topological polar surface area (TPSA) is 115 Å². The van der Waals surface area contributed by atoms with Crippen molar-refractivity contribution in [3.05, 3.63) is 364 Å². The normalized spacial score (nSPS) is 12.1. The zero-order valence-corrected chi connectivity index (χ0v) is 57.1. The van der Waals surface area contributed by atoms with Crippen LogP contribution in [0.4, 0.5) is 34.1 Å². The molecule has 0 atom stereocenters. The summed E-state index contributed by atoms with van der Waals surface area (Å²) in [6.07, 6.45) is 0. The highest BCUT2D eigenvalue weighted by Crippen LogP contribution is 2.46. The second-order valence-electron chi connectivity index (χ2n) is 26.6. The number of para-hydroxylation sites is 4. The molecule has 0 unspecified atom stereocenters. The van der Waals surface area contributed by atoms with Crippen molar-refractivity contribution in [3.8, 4) is 119 Å². The van der Waals surface area contributed by atoms with Crippen LogP contribution in [-0.2, 0) is 0 Å². The highest BCUT2D eigenvalue weighted by molar-refractivity contribution is 7.00. The van der Waals surface area contributed by atoms with E-state index in [1.54, 1.807) is 0 Å². The van der Waals surface area contributed by atoms with Crippen LogP contribution in [-0.4, -0.2) is 51.2 Å². The second-order valence-corrected chi connectivity index (χ2v) is 26.6. The summed E-state index contributed by atoms with van der Waals surface area (Å²) in [5, 5.41) is 2.06. The van der Waals surface area contributed by atoms with Gasteiger partial charge in [-0.15, -0.1) is 0 Å². The van der Waals surface area contributed by atoms with Crippen LogP contribution in [0.2, 0.25) is 0 Å². The van der Waals surface area contributed by atoms with Gasteiger partial charge in [0.05, 0.1) is 28.1 Å². The number of fused-ring (bicyclic) bond motifs is 7. The third-order valence-electron chi connectivity index (χ3n) is 20.3. The fourth-order valence-corrected chi connectivity index (χ4v) is 15.4. The maximum atomic E-state index is 5.62. The predicted molar refractivity (Wildman–Crippen MR) is 432 cm³/mol. The van der Waals surface area contributed by atoms with Gasteiger partial charge in [0.2, 0.25) is 0 Å². The van der Waals surface area contributed by atoms with E-state index in [0.29, 0.717) is 40.8 Å². The molecule has 0 saturated heterocycles. The van der Waals surface area contributed by atoms with Crippen molar-refractivity contribution in [2.24, 2.45) is 0 Å². The summed E-state index contributed by atoms with van der Waals surface area (Å²) in [7, 11) is 0. The van der Waals surface area contributed by atoms with Crippen LogP contribution in [0, 0.1) is 0 Å². The average Bonchev–Trinajstić information content (AvgIpc) is 0.866. The SMILES string of the molecule is c1ccc(-c2cc(-c3ccccc3)nc(-c3ccc(-n4c5ccccc5c5cc(-c6nc(-c7ccccc7)nc(-c7ccccc7)n6)ccc54)c(-c4nc(-c5ccccc5)nc(-c5cccc(-c6ccc(N7c8ccccc8B8c9ccccc9N(c9ccccc9)c9cccc7c98)cc6)c5)n4)c3)n2)cc1. The fraction of sp³-hybridized carbons (Fsp3) is 0. The molecule has 6 heterocycles. The van der Waals surface area contributed by atoms with Crippen LogP contribution < -0.4 is 26.2 Å². The molecular formula is C94H60BN11. The molecule has 0 amide bonds. The molecule has 0 saturated carbocycles. The summed E-state index contributed by atoms with van der Waals surface area (Å²) in [5.74, 6) is 3.81. The molecule has 106 heavy (non-hydrogen) atoms. The van der Waals surface area contributed by atoms with Gasteiger partial charge < -0.3 is 14.4 Å². The van der Waals surface area contributed by atoms with Crippen molar-refractivity contribution in [1.82, 2.24) is 44.4 Å². The van der Waals surface area contributed by atoms with Crippen molar-refractivity contribution < 1.29 is 0 Å². The summed E-state index contributed by atoms with van der Waals surface area (Å²) in [6, 6.07) is 127. The van der Waals surface area contributed by atoms with E-state index in [1.807, 2.05) is 115 Å². The molecule has 494 valence electrons. The molecule has 0 N–H and O–H groups in total. The molecule has 12 heteroatoms. The van der Waals surface area contributed by atoms with E-state index in [0.717, 1.165) is 123 Å². The molecule has 0 fully saturated rings. The minimum absolute atomic E-state index is 0.0476. The van der Waals surface area contributed by atoms with Crippen LogP contribution in [0.3, 0.4) is 0 Å². The zero-order valence-electron chi connectivity index (χ0n) is 57.1. The first-order valence-electron chi connectivity index (χ1n) is 35.6. The number of benzene rings is 14. The molecule has 4 aromatic heterocycles. The lowest BCUT2D eigenvalue weighted by molar-refractivity contribution is 1.06. The minimum Gasteiger partial charge on any atom is -0.311 e. The summed E-state index contributed by atoms with van der Waals surface area (Å²) < 4.78 is 2.32. The minimum atomic E-state index is 0.0476. The molecule has 18 aromatic rings. The lowest BCUT2D eigenvalue weighted by Gasteiger charge is -2.44. The molecule has 11 nitrogen and oxygen atoms in total. The number of hydrogen-bond donors (Lipinski definition) is 0. The Balaban J connectivity index is 0.741. The summed E-state index contributed by atoms with van der Waals surface area (Å²) in [5.41, 5.74) is 25.0. The van der Waals surface area contributed by atoms with Crippen LogP contribution in [0.25, 0.3) is 141 Å². The van der Waals surface area contributed by atoms with Gasteiger partial charge in [-0.1, -0.05) is 261 Å². The van der Waals surface area contributed by atoms with E-state index in [-0.39, 0.29) is 6.71 Å². The molecule has 2 aliphatic heterocycles. The predicted octanol–water partition coefficient (Wildman–Crippen LogP) is 20.7. The number of nitrogens with zero attached hydrogens (tertiary/aromatic N) is 11. The number of aromatic nitrogens is 9. The third kappa shape index (κ3) is 10.9. The Hall–Kier alpha value is -14.4. The molecule has 0 bridgehead atoms. The Morgan fingerprint density at radius 3 is 1.14 bits per heavy atom. The number of rotatable bonds is 13. The van der Waals surface area contributed by atoms with Gasteiger partial charge >= 0.3 is 0 Å². The first-order valence-corrected chi connectivity index (χ1v) is 35.6. The first kappa shape index (κ1) is 61.5. The van der Waals surface area contributed by atoms with E-state index in [1.165, 1.54) is 27.8 Å². The van der Waals surface area contributed by atoms with Crippen molar-refractivity contribution in [3.63, 3.8) is 0 Å². The first-order chi connectivity index (χ1) is 52.5. The van der Waals surface area contributed by atoms with Gasteiger partial charge in [-0.05, 0) is 131 Å². The van der Waals surface area contributed by atoms with Crippen molar-refractivity contribution >= 4 is 79.0 Å². The van der Waals surface area contributed by atoms with Gasteiger partial charge in [0, 0.05) is 95.0 Å². The smallest absolute Gasteiger partial charge is 0.252 e. The largest absolute Gasteiger partial charge is 0.311 e. The molecule has 0 radical (unpaired) electrons. The Labute approximate surface area is 612 Å². The Morgan fingerprint density at radius 1 is 0.208 bits per heavy atom. The Kier molecular flexibility index (Phi) is 15.0. The van der Waals surface area contributed by atoms with E-state index >= 15 is 0 Å². The van der Waals surface area contributed by atoms with E-state index < -0.39 is 0 Å². The van der Waals surface area contributed by atoms with Crippen LogP contribution in [0.1, 0.15) is 0 Å². The van der Waals surface area contributed by atoms with Gasteiger partial charge in [-0.25, -0.2) is 39.9 Å². The van der Waals surface area contributed by atoms with Crippen LogP contribution >= 0.6 is 0 Å². The second kappa shape index (κ2) is 25.9. The van der Waals surface area contributed by atoms with E-state index in [9.17, 15) is 0 Å². The van der Waals surface area contributed by atoms with Crippen LogP contribution in [0.15, 0.2) is 364 Å². The average molecular weight is 1350 g/mol. The Morgan fingerprint density at radius 2 is 0.585 bits per heavy atom. The third-order valence-corrected chi connectivity index (χ3v) is 20.3.